The molecule has 3 rings (SSSR count). The van der Waals surface area contributed by atoms with Crippen molar-refractivity contribution < 1.29 is 14.3 Å². The minimum atomic E-state index is -0.287. The molecule has 0 heterocycles. The average molecular weight is 362 g/mol. The third kappa shape index (κ3) is 5.07. The van der Waals surface area contributed by atoms with E-state index >= 15 is 0 Å². The summed E-state index contributed by atoms with van der Waals surface area (Å²) in [6.07, 6.45) is 0. The molecular formula is C22H22N2O3. The topological polar surface area (TPSA) is 67.4 Å². The molecule has 0 aliphatic rings. The highest BCUT2D eigenvalue weighted by atomic mass is 16.5. The largest absolute Gasteiger partial charge is 0.484 e. The second-order valence-corrected chi connectivity index (χ2v) is 6.55. The van der Waals surface area contributed by atoms with Gasteiger partial charge in [-0.2, -0.15) is 0 Å². The van der Waals surface area contributed by atoms with E-state index in [1.165, 1.54) is 0 Å². The van der Waals surface area contributed by atoms with Crippen LogP contribution in [0.2, 0.25) is 0 Å². The molecule has 0 fully saturated rings. The molecule has 2 amide bonds. The highest BCUT2D eigenvalue weighted by molar-refractivity contribution is 5.97. The molecule has 2 N–H and O–H groups in total. The Bertz CT molecular complexity index is 966. The van der Waals surface area contributed by atoms with Crippen molar-refractivity contribution >= 4 is 28.3 Å². The SMILES string of the molecule is CC(C)NC(=O)c1cccc(NC(=O)COc2ccc3ccccc3c2)c1. The van der Waals surface area contributed by atoms with Gasteiger partial charge in [0.15, 0.2) is 6.61 Å². The van der Waals surface area contributed by atoms with Crippen molar-refractivity contribution in [2.24, 2.45) is 0 Å². The van der Waals surface area contributed by atoms with E-state index in [0.717, 1.165) is 10.8 Å². The molecule has 0 spiro atoms. The van der Waals surface area contributed by atoms with E-state index in [4.69, 9.17) is 4.74 Å². The molecule has 0 aliphatic heterocycles. The van der Waals surface area contributed by atoms with Crippen molar-refractivity contribution in [1.82, 2.24) is 5.32 Å². The zero-order valence-corrected chi connectivity index (χ0v) is 15.4. The number of nitrogens with one attached hydrogen (secondary N) is 2. The van der Waals surface area contributed by atoms with Gasteiger partial charge in [0.2, 0.25) is 0 Å². The number of ether oxygens (including phenoxy) is 1. The molecular weight excluding hydrogens is 340 g/mol. The summed E-state index contributed by atoms with van der Waals surface area (Å²) < 4.78 is 5.59. The van der Waals surface area contributed by atoms with Crippen LogP contribution < -0.4 is 15.4 Å². The highest BCUT2D eigenvalue weighted by Crippen LogP contribution is 2.20. The summed E-state index contributed by atoms with van der Waals surface area (Å²) in [7, 11) is 0. The first-order valence-corrected chi connectivity index (χ1v) is 8.83. The first kappa shape index (κ1) is 18.5. The Hall–Kier alpha value is -3.34. The summed E-state index contributed by atoms with van der Waals surface area (Å²) in [6, 6.07) is 20.5. The van der Waals surface area contributed by atoms with Crippen molar-refractivity contribution in [3.63, 3.8) is 0 Å². The van der Waals surface area contributed by atoms with E-state index in [-0.39, 0.29) is 24.5 Å². The van der Waals surface area contributed by atoms with Crippen LogP contribution in [0.4, 0.5) is 5.69 Å². The number of fused-ring (bicyclic) bond motifs is 1. The molecule has 0 saturated heterocycles. The van der Waals surface area contributed by atoms with Gasteiger partial charge in [0, 0.05) is 17.3 Å². The van der Waals surface area contributed by atoms with Gasteiger partial charge in [-0.3, -0.25) is 9.59 Å². The zero-order valence-electron chi connectivity index (χ0n) is 15.4. The van der Waals surface area contributed by atoms with Crippen LogP contribution >= 0.6 is 0 Å². The molecule has 0 radical (unpaired) electrons. The molecule has 5 nitrogen and oxygen atoms in total. The molecule has 5 heteroatoms. The number of hydrogen-bond donors (Lipinski definition) is 2. The fourth-order valence-electron chi connectivity index (χ4n) is 2.69. The standard InChI is InChI=1S/C22H22N2O3/c1-15(2)23-22(26)18-8-5-9-19(12-18)24-21(25)14-27-20-11-10-16-6-3-4-7-17(16)13-20/h3-13,15H,14H2,1-2H3,(H,23,26)(H,24,25). The quantitative estimate of drug-likeness (QED) is 0.697. The Kier molecular flexibility index (Phi) is 5.71. The first-order valence-electron chi connectivity index (χ1n) is 8.83. The van der Waals surface area contributed by atoms with Gasteiger partial charge < -0.3 is 15.4 Å². The van der Waals surface area contributed by atoms with Crippen LogP contribution in [-0.4, -0.2) is 24.5 Å². The maximum atomic E-state index is 12.2. The smallest absolute Gasteiger partial charge is 0.262 e. The lowest BCUT2D eigenvalue weighted by Gasteiger charge is -2.11. The number of carbonyl (C=O) groups excluding carboxylic acids is 2. The van der Waals surface area contributed by atoms with E-state index < -0.39 is 0 Å². The summed E-state index contributed by atoms with van der Waals surface area (Å²) in [4.78, 5) is 24.2. The third-order valence-electron chi connectivity index (χ3n) is 3.92. The average Bonchev–Trinajstić information content (AvgIpc) is 2.66. The lowest BCUT2D eigenvalue weighted by atomic mass is 10.1. The Morgan fingerprint density at radius 2 is 1.70 bits per heavy atom. The summed E-state index contributed by atoms with van der Waals surface area (Å²) in [5, 5.41) is 7.75. The van der Waals surface area contributed by atoms with Crippen LogP contribution in [0.5, 0.6) is 5.75 Å². The molecule has 0 atom stereocenters. The highest BCUT2D eigenvalue weighted by Gasteiger charge is 2.09. The first-order chi connectivity index (χ1) is 13.0. The van der Waals surface area contributed by atoms with E-state index in [2.05, 4.69) is 10.6 Å². The fraction of sp³-hybridized carbons (Fsp3) is 0.182. The fourth-order valence-corrected chi connectivity index (χ4v) is 2.69. The van der Waals surface area contributed by atoms with E-state index in [1.807, 2.05) is 56.3 Å². The van der Waals surface area contributed by atoms with Gasteiger partial charge in [-0.05, 0) is 55.0 Å². The zero-order chi connectivity index (χ0) is 19.2. The molecule has 0 aliphatic carbocycles. The Balaban J connectivity index is 1.59. The van der Waals surface area contributed by atoms with Gasteiger partial charge in [-0.25, -0.2) is 0 Å². The molecule has 27 heavy (non-hydrogen) atoms. The van der Waals surface area contributed by atoms with Gasteiger partial charge in [0.05, 0.1) is 0 Å². The Morgan fingerprint density at radius 1 is 0.926 bits per heavy atom. The minimum absolute atomic E-state index is 0.0473. The predicted octanol–water partition coefficient (Wildman–Crippen LogP) is 4.00. The Labute approximate surface area is 158 Å². The number of hydrogen-bond acceptors (Lipinski definition) is 3. The molecule has 3 aromatic carbocycles. The second kappa shape index (κ2) is 8.36. The van der Waals surface area contributed by atoms with Crippen LogP contribution in [0.15, 0.2) is 66.7 Å². The Morgan fingerprint density at radius 3 is 2.48 bits per heavy atom. The molecule has 0 unspecified atom stereocenters. The lowest BCUT2D eigenvalue weighted by Crippen LogP contribution is -2.30. The number of anilines is 1. The van der Waals surface area contributed by atoms with Crippen LogP contribution in [0.3, 0.4) is 0 Å². The number of carbonyl (C=O) groups is 2. The molecule has 0 bridgehead atoms. The maximum Gasteiger partial charge on any atom is 0.262 e. The van der Waals surface area contributed by atoms with E-state index in [9.17, 15) is 9.59 Å². The lowest BCUT2D eigenvalue weighted by molar-refractivity contribution is -0.118. The molecule has 0 aromatic heterocycles. The van der Waals surface area contributed by atoms with Crippen LogP contribution in [-0.2, 0) is 4.79 Å². The summed E-state index contributed by atoms with van der Waals surface area (Å²) in [5.74, 6) is 0.173. The van der Waals surface area contributed by atoms with Crippen molar-refractivity contribution in [2.75, 3.05) is 11.9 Å². The van der Waals surface area contributed by atoms with Crippen molar-refractivity contribution in [3.05, 3.63) is 72.3 Å². The van der Waals surface area contributed by atoms with Gasteiger partial charge in [-0.1, -0.05) is 36.4 Å². The predicted molar refractivity (Wildman–Crippen MR) is 107 cm³/mol. The van der Waals surface area contributed by atoms with Crippen molar-refractivity contribution in [3.8, 4) is 5.75 Å². The minimum Gasteiger partial charge on any atom is -0.484 e. The van der Waals surface area contributed by atoms with Crippen molar-refractivity contribution in [1.29, 1.82) is 0 Å². The van der Waals surface area contributed by atoms with Gasteiger partial charge in [0.25, 0.3) is 11.8 Å². The number of rotatable bonds is 6. The second-order valence-electron chi connectivity index (χ2n) is 6.55. The van der Waals surface area contributed by atoms with Crippen LogP contribution in [0.25, 0.3) is 10.8 Å². The normalized spacial score (nSPS) is 10.6. The summed E-state index contributed by atoms with van der Waals surface area (Å²) in [6.45, 7) is 3.68. The molecule has 0 saturated carbocycles. The van der Waals surface area contributed by atoms with E-state index in [0.29, 0.717) is 17.0 Å². The number of amides is 2. The monoisotopic (exact) mass is 362 g/mol. The van der Waals surface area contributed by atoms with Crippen LogP contribution in [0.1, 0.15) is 24.2 Å². The maximum absolute atomic E-state index is 12.2. The van der Waals surface area contributed by atoms with Gasteiger partial charge in [0.1, 0.15) is 5.75 Å². The molecule has 138 valence electrons. The van der Waals surface area contributed by atoms with E-state index in [1.54, 1.807) is 24.3 Å². The number of benzene rings is 3. The summed E-state index contributed by atoms with van der Waals surface area (Å²) in [5.41, 5.74) is 1.05. The van der Waals surface area contributed by atoms with Crippen molar-refractivity contribution in [2.45, 2.75) is 19.9 Å². The van der Waals surface area contributed by atoms with Gasteiger partial charge >= 0.3 is 0 Å². The molecule has 3 aromatic rings. The third-order valence-corrected chi connectivity index (χ3v) is 3.92. The summed E-state index contributed by atoms with van der Waals surface area (Å²) >= 11 is 0. The van der Waals surface area contributed by atoms with Crippen LogP contribution in [0, 0.1) is 0 Å². The van der Waals surface area contributed by atoms with Gasteiger partial charge in [-0.15, -0.1) is 0 Å².